The molecular formula is C13H7F6N3O5. The molecule has 1 amide bonds. The fraction of sp³-hybridized carbons (Fsp3) is 0.231. The van der Waals surface area contributed by atoms with Gasteiger partial charge in [0.15, 0.2) is 0 Å². The van der Waals surface area contributed by atoms with Crippen molar-refractivity contribution in [3.63, 3.8) is 0 Å². The number of alkyl halides is 6. The van der Waals surface area contributed by atoms with Gasteiger partial charge in [-0.05, 0) is 6.07 Å². The minimum Gasteiger partial charge on any atom is -0.501 e. The summed E-state index contributed by atoms with van der Waals surface area (Å²) in [6.45, 7) is 0.639. The van der Waals surface area contributed by atoms with E-state index in [9.17, 15) is 51.2 Å². The number of carbonyl (C=O) groups is 1. The zero-order valence-electron chi connectivity index (χ0n) is 12.9. The number of nitrogens with zero attached hydrogens (tertiary/aromatic N) is 1. The molecular weight excluding hydrogens is 392 g/mol. The van der Waals surface area contributed by atoms with E-state index in [1.54, 1.807) is 0 Å². The van der Waals surface area contributed by atoms with Crippen molar-refractivity contribution in [3.8, 4) is 5.75 Å². The average Bonchev–Trinajstić information content (AvgIpc) is 2.43. The maximum atomic E-state index is 13.5. The summed E-state index contributed by atoms with van der Waals surface area (Å²) in [6.07, 6.45) is -11.0. The van der Waals surface area contributed by atoms with Crippen molar-refractivity contribution in [3.05, 3.63) is 37.7 Å². The molecule has 0 radical (unpaired) electrons. The average molecular weight is 399 g/mol. The number of benzene rings is 1. The topological polar surface area (TPSA) is 125 Å². The minimum atomic E-state index is -5.60. The molecule has 0 fully saturated rings. The number of anilines is 1. The fourth-order valence-corrected chi connectivity index (χ4v) is 2.42. The lowest BCUT2D eigenvalue weighted by Crippen LogP contribution is -2.21. The largest absolute Gasteiger partial charge is 0.501 e. The molecule has 0 aliphatic rings. The van der Waals surface area contributed by atoms with E-state index >= 15 is 0 Å². The third kappa shape index (κ3) is 3.50. The minimum absolute atomic E-state index is 0.0285. The van der Waals surface area contributed by atoms with Crippen molar-refractivity contribution >= 4 is 28.2 Å². The first-order valence-electron chi connectivity index (χ1n) is 6.68. The van der Waals surface area contributed by atoms with Crippen molar-refractivity contribution in [2.24, 2.45) is 0 Å². The van der Waals surface area contributed by atoms with Crippen LogP contribution in [0.2, 0.25) is 0 Å². The van der Waals surface area contributed by atoms with Crippen LogP contribution in [0, 0.1) is 10.1 Å². The Morgan fingerprint density at radius 3 is 2.19 bits per heavy atom. The van der Waals surface area contributed by atoms with Crippen LogP contribution in [0.4, 0.5) is 37.7 Å². The molecule has 0 aliphatic carbocycles. The smallest absolute Gasteiger partial charge is 0.419 e. The van der Waals surface area contributed by atoms with E-state index in [0.717, 1.165) is 0 Å². The summed E-state index contributed by atoms with van der Waals surface area (Å²) >= 11 is 0. The van der Waals surface area contributed by atoms with Crippen LogP contribution in [0.15, 0.2) is 10.9 Å². The van der Waals surface area contributed by atoms with Crippen LogP contribution in [0.5, 0.6) is 5.75 Å². The number of halogens is 6. The van der Waals surface area contributed by atoms with Gasteiger partial charge in [0.2, 0.25) is 11.7 Å². The number of aromatic nitrogens is 1. The van der Waals surface area contributed by atoms with Gasteiger partial charge in [0.05, 0.1) is 32.6 Å². The number of fused-ring (bicyclic) bond motifs is 1. The number of aromatic hydroxyl groups is 1. The Kier molecular flexibility index (Phi) is 4.54. The van der Waals surface area contributed by atoms with Gasteiger partial charge >= 0.3 is 23.6 Å². The lowest BCUT2D eigenvalue weighted by atomic mass is 9.98. The molecule has 0 aliphatic heterocycles. The Balaban J connectivity index is 3.22. The fourth-order valence-electron chi connectivity index (χ4n) is 2.42. The molecule has 1 aromatic heterocycles. The first kappa shape index (κ1) is 20.0. The molecule has 0 atom stereocenters. The zero-order chi connectivity index (χ0) is 20.9. The highest BCUT2D eigenvalue weighted by Crippen LogP contribution is 2.49. The van der Waals surface area contributed by atoms with E-state index in [0.29, 0.717) is 6.92 Å². The number of aromatic amines is 1. The van der Waals surface area contributed by atoms with Crippen LogP contribution in [0.3, 0.4) is 0 Å². The summed E-state index contributed by atoms with van der Waals surface area (Å²) in [7, 11) is 0. The van der Waals surface area contributed by atoms with Gasteiger partial charge in [0.1, 0.15) is 0 Å². The monoisotopic (exact) mass is 399 g/mol. The first-order valence-corrected chi connectivity index (χ1v) is 6.68. The van der Waals surface area contributed by atoms with Crippen LogP contribution < -0.4 is 10.9 Å². The second-order valence-electron chi connectivity index (χ2n) is 5.18. The van der Waals surface area contributed by atoms with Gasteiger partial charge in [-0.25, -0.2) is 0 Å². The molecule has 146 valence electrons. The highest BCUT2D eigenvalue weighted by atomic mass is 19.4. The van der Waals surface area contributed by atoms with E-state index in [1.807, 2.05) is 0 Å². The Morgan fingerprint density at radius 1 is 1.22 bits per heavy atom. The zero-order valence-corrected chi connectivity index (χ0v) is 12.9. The second-order valence-corrected chi connectivity index (χ2v) is 5.18. The van der Waals surface area contributed by atoms with Gasteiger partial charge in [-0.15, -0.1) is 0 Å². The van der Waals surface area contributed by atoms with E-state index in [-0.39, 0.29) is 6.07 Å². The van der Waals surface area contributed by atoms with Crippen LogP contribution in [-0.4, -0.2) is 20.9 Å². The number of hydrogen-bond acceptors (Lipinski definition) is 5. The molecule has 0 unspecified atom stereocenters. The molecule has 0 saturated carbocycles. The van der Waals surface area contributed by atoms with Crippen molar-refractivity contribution < 1.29 is 41.2 Å². The molecule has 1 heterocycles. The summed E-state index contributed by atoms with van der Waals surface area (Å²) in [5.41, 5.74) is -10.5. The van der Waals surface area contributed by atoms with E-state index < -0.39 is 67.9 Å². The summed E-state index contributed by atoms with van der Waals surface area (Å²) in [6, 6.07) is 0.0285. The predicted octanol–water partition coefficient (Wildman–Crippen LogP) is 3.14. The molecule has 2 aromatic rings. The maximum Gasteiger partial charge on any atom is 0.419 e. The molecule has 27 heavy (non-hydrogen) atoms. The molecule has 0 saturated heterocycles. The Morgan fingerprint density at radius 2 is 1.78 bits per heavy atom. The Hall–Kier alpha value is -3.32. The summed E-state index contributed by atoms with van der Waals surface area (Å²) < 4.78 is 80.2. The van der Waals surface area contributed by atoms with Gasteiger partial charge in [0.25, 0.3) is 0 Å². The van der Waals surface area contributed by atoms with Gasteiger partial charge in [0, 0.05) is 6.92 Å². The Labute approximate surface area is 143 Å². The summed E-state index contributed by atoms with van der Waals surface area (Å²) in [4.78, 5) is 33.6. The third-order valence-electron chi connectivity index (χ3n) is 3.32. The van der Waals surface area contributed by atoms with Crippen molar-refractivity contribution in [2.45, 2.75) is 19.3 Å². The quantitative estimate of drug-likeness (QED) is 0.406. The molecule has 14 heteroatoms. The van der Waals surface area contributed by atoms with Gasteiger partial charge in [-0.3, -0.25) is 19.7 Å². The second kappa shape index (κ2) is 6.14. The molecule has 3 N–H and O–H groups in total. The highest BCUT2D eigenvalue weighted by molar-refractivity contribution is 6.00. The van der Waals surface area contributed by atoms with Gasteiger partial charge in [-0.2, -0.15) is 26.3 Å². The number of hydrogen-bond donors (Lipinski definition) is 3. The maximum absolute atomic E-state index is 13.5. The van der Waals surface area contributed by atoms with E-state index in [1.165, 1.54) is 10.3 Å². The summed E-state index contributed by atoms with van der Waals surface area (Å²) in [5, 5.41) is 20.6. The number of H-pyrrole nitrogens is 1. The number of amides is 1. The highest BCUT2D eigenvalue weighted by Gasteiger charge is 2.45. The molecule has 0 bridgehead atoms. The number of rotatable bonds is 2. The van der Waals surface area contributed by atoms with Crippen molar-refractivity contribution in [2.75, 3.05) is 5.32 Å². The van der Waals surface area contributed by atoms with Crippen LogP contribution in [-0.2, 0) is 17.1 Å². The number of nitro groups is 1. The van der Waals surface area contributed by atoms with Crippen LogP contribution in [0.25, 0.3) is 10.9 Å². The summed E-state index contributed by atoms with van der Waals surface area (Å²) in [5.74, 6) is -3.09. The molecule has 2 rings (SSSR count). The number of carbonyl (C=O) groups excluding carboxylic acids is 1. The normalized spacial score (nSPS) is 12.3. The number of pyridine rings is 1. The van der Waals surface area contributed by atoms with Crippen LogP contribution >= 0.6 is 0 Å². The molecule has 8 nitrogen and oxygen atoms in total. The third-order valence-corrected chi connectivity index (χ3v) is 3.32. The van der Waals surface area contributed by atoms with E-state index in [4.69, 9.17) is 0 Å². The van der Waals surface area contributed by atoms with Gasteiger partial charge in [-0.1, -0.05) is 0 Å². The predicted molar refractivity (Wildman–Crippen MR) is 77.2 cm³/mol. The first-order chi connectivity index (χ1) is 12.2. The van der Waals surface area contributed by atoms with Crippen molar-refractivity contribution in [1.82, 2.24) is 4.98 Å². The van der Waals surface area contributed by atoms with Crippen molar-refractivity contribution in [1.29, 1.82) is 0 Å². The van der Waals surface area contributed by atoms with E-state index in [2.05, 4.69) is 0 Å². The van der Waals surface area contributed by atoms with Gasteiger partial charge < -0.3 is 15.4 Å². The standard InChI is InChI=1S/C13H7F6N3O5/c1-3(23)20-8-4(12(14,15)16)2-5-6(7(8)13(17,18)19)10(24)9(22(26)27)11(25)21-5/h2H,1H3,(H,20,23)(H2,21,24,25). The lowest BCUT2D eigenvalue weighted by molar-refractivity contribution is -0.387. The van der Waals surface area contributed by atoms with Crippen LogP contribution in [0.1, 0.15) is 18.1 Å². The molecule has 0 spiro atoms. The lowest BCUT2D eigenvalue weighted by Gasteiger charge is -2.21. The Bertz CT molecular complexity index is 1020. The molecule has 1 aromatic carbocycles. The number of nitrogens with one attached hydrogen (secondary N) is 2. The SMILES string of the molecule is CC(=O)Nc1c(C(F)(F)F)cc2[nH]c(=O)c([N+](=O)[O-])c(O)c2c1C(F)(F)F.